The monoisotopic (exact) mass is 421 g/mol. The average Bonchev–Trinajstić information content (AvgIpc) is 3.42. The molecule has 4 heterocycles. The van der Waals surface area contributed by atoms with Gasteiger partial charge < -0.3 is 10.7 Å². The summed E-state index contributed by atoms with van der Waals surface area (Å²) in [6, 6.07) is 16.1. The Morgan fingerprint density at radius 2 is 1.84 bits per heavy atom. The first kappa shape index (κ1) is 18.2. The van der Waals surface area contributed by atoms with Crippen molar-refractivity contribution in [1.29, 1.82) is 0 Å². The van der Waals surface area contributed by atoms with E-state index < -0.39 is 0 Å². The predicted octanol–water partition coefficient (Wildman–Crippen LogP) is 4.95. The highest BCUT2D eigenvalue weighted by Gasteiger charge is 2.16. The van der Waals surface area contributed by atoms with Crippen LogP contribution in [-0.2, 0) is 0 Å². The molecule has 6 rings (SSSR count). The molecule has 0 bridgehead atoms. The molecule has 0 saturated heterocycles. The first-order valence-corrected chi connectivity index (χ1v) is 9.96. The van der Waals surface area contributed by atoms with E-state index in [1.807, 2.05) is 36.4 Å². The van der Waals surface area contributed by atoms with Crippen molar-refractivity contribution < 1.29 is 4.39 Å². The summed E-state index contributed by atoms with van der Waals surface area (Å²) in [7, 11) is 0. The molecule has 6 aromatic rings. The van der Waals surface area contributed by atoms with Crippen LogP contribution in [0.1, 0.15) is 0 Å². The number of hydrogen-bond acceptors (Lipinski definition) is 5. The van der Waals surface area contributed by atoms with Crippen LogP contribution in [0.2, 0.25) is 0 Å². The van der Waals surface area contributed by atoms with Crippen LogP contribution in [0, 0.1) is 5.82 Å². The van der Waals surface area contributed by atoms with Crippen LogP contribution in [0.3, 0.4) is 0 Å². The molecule has 0 saturated carbocycles. The van der Waals surface area contributed by atoms with E-state index in [-0.39, 0.29) is 5.82 Å². The molecule has 0 atom stereocenters. The lowest BCUT2D eigenvalue weighted by Crippen LogP contribution is -1.88. The molecular weight excluding hydrogens is 405 g/mol. The molecule has 0 aliphatic carbocycles. The standard InChI is InChI=1S/C24H16FN7/c25-16-3-1-2-14(8-16)18-6-7-28-23-21(18)29-24(30-23)22-19-10-13(4-5-20(19)31-32-22)15-9-17(26)12-27-11-15/h1-12H,26H2,(H,31,32)(H,28,29,30). The molecule has 32 heavy (non-hydrogen) atoms. The Morgan fingerprint density at radius 3 is 2.72 bits per heavy atom. The fourth-order valence-corrected chi connectivity index (χ4v) is 3.91. The number of hydrogen-bond donors (Lipinski definition) is 3. The summed E-state index contributed by atoms with van der Waals surface area (Å²) >= 11 is 0. The van der Waals surface area contributed by atoms with E-state index in [2.05, 4.69) is 30.1 Å². The average molecular weight is 421 g/mol. The fourth-order valence-electron chi connectivity index (χ4n) is 3.91. The van der Waals surface area contributed by atoms with Gasteiger partial charge in [-0.3, -0.25) is 10.1 Å². The third-order valence-corrected chi connectivity index (χ3v) is 5.41. The van der Waals surface area contributed by atoms with Crippen molar-refractivity contribution in [3.05, 3.63) is 79.0 Å². The molecule has 8 heteroatoms. The van der Waals surface area contributed by atoms with Gasteiger partial charge in [0, 0.05) is 35.1 Å². The minimum absolute atomic E-state index is 0.297. The van der Waals surface area contributed by atoms with Gasteiger partial charge in [0.2, 0.25) is 0 Å². The van der Waals surface area contributed by atoms with E-state index in [1.54, 1.807) is 24.7 Å². The van der Waals surface area contributed by atoms with E-state index in [0.29, 0.717) is 22.9 Å². The van der Waals surface area contributed by atoms with E-state index >= 15 is 0 Å². The van der Waals surface area contributed by atoms with E-state index in [0.717, 1.165) is 38.7 Å². The number of aromatic amines is 2. The van der Waals surface area contributed by atoms with Crippen LogP contribution >= 0.6 is 0 Å². The third kappa shape index (κ3) is 2.97. The zero-order valence-electron chi connectivity index (χ0n) is 16.7. The number of benzene rings is 2. The SMILES string of the molecule is Nc1cncc(-c2ccc3[nH]nc(-c4nc5nccc(-c6cccc(F)c6)c5[nH]4)c3c2)c1. The maximum Gasteiger partial charge on any atom is 0.178 e. The highest BCUT2D eigenvalue weighted by atomic mass is 19.1. The van der Waals surface area contributed by atoms with Gasteiger partial charge in [-0.15, -0.1) is 0 Å². The molecular formula is C24H16FN7. The summed E-state index contributed by atoms with van der Waals surface area (Å²) in [5.41, 5.74) is 12.7. The Kier molecular flexibility index (Phi) is 3.97. The number of pyridine rings is 2. The minimum Gasteiger partial charge on any atom is -0.397 e. The normalized spacial score (nSPS) is 11.4. The first-order chi connectivity index (χ1) is 15.7. The Hall–Kier alpha value is -4.59. The zero-order valence-corrected chi connectivity index (χ0v) is 16.7. The molecule has 0 spiro atoms. The molecule has 7 nitrogen and oxygen atoms in total. The lowest BCUT2D eigenvalue weighted by molar-refractivity contribution is 0.628. The number of nitrogen functional groups attached to an aromatic ring is 1. The second-order valence-electron chi connectivity index (χ2n) is 7.49. The lowest BCUT2D eigenvalue weighted by Gasteiger charge is -2.03. The van der Waals surface area contributed by atoms with Gasteiger partial charge in [0.25, 0.3) is 0 Å². The summed E-state index contributed by atoms with van der Waals surface area (Å²) in [5.74, 6) is 0.277. The summed E-state index contributed by atoms with van der Waals surface area (Å²) in [4.78, 5) is 16.5. The Balaban J connectivity index is 1.51. The number of rotatable bonds is 3. The smallest absolute Gasteiger partial charge is 0.178 e. The molecule has 2 aromatic carbocycles. The van der Waals surface area contributed by atoms with Gasteiger partial charge in [-0.1, -0.05) is 18.2 Å². The van der Waals surface area contributed by atoms with E-state index in [9.17, 15) is 4.39 Å². The van der Waals surface area contributed by atoms with Crippen molar-refractivity contribution >= 4 is 27.8 Å². The van der Waals surface area contributed by atoms with Crippen LogP contribution < -0.4 is 5.73 Å². The van der Waals surface area contributed by atoms with E-state index in [4.69, 9.17) is 5.73 Å². The minimum atomic E-state index is -0.297. The zero-order chi connectivity index (χ0) is 21.7. The van der Waals surface area contributed by atoms with Crippen molar-refractivity contribution in [3.63, 3.8) is 0 Å². The van der Waals surface area contributed by atoms with Crippen molar-refractivity contribution in [2.45, 2.75) is 0 Å². The molecule has 154 valence electrons. The number of nitrogens with two attached hydrogens (primary N) is 1. The largest absolute Gasteiger partial charge is 0.397 e. The fraction of sp³-hybridized carbons (Fsp3) is 0. The van der Waals surface area contributed by atoms with Crippen molar-refractivity contribution in [1.82, 2.24) is 30.1 Å². The van der Waals surface area contributed by atoms with Crippen LogP contribution in [-0.4, -0.2) is 30.1 Å². The van der Waals surface area contributed by atoms with E-state index in [1.165, 1.54) is 12.1 Å². The van der Waals surface area contributed by atoms with Gasteiger partial charge in [0.1, 0.15) is 11.5 Å². The second kappa shape index (κ2) is 6.98. The number of nitrogens with zero attached hydrogens (tertiary/aromatic N) is 4. The van der Waals surface area contributed by atoms with Gasteiger partial charge in [-0.25, -0.2) is 14.4 Å². The Labute approximate surface area is 181 Å². The van der Waals surface area contributed by atoms with Gasteiger partial charge in [0.15, 0.2) is 11.5 Å². The first-order valence-electron chi connectivity index (χ1n) is 9.96. The number of fused-ring (bicyclic) bond motifs is 2. The Bertz CT molecular complexity index is 1620. The highest BCUT2D eigenvalue weighted by molar-refractivity contribution is 5.97. The number of H-pyrrole nitrogens is 2. The highest BCUT2D eigenvalue weighted by Crippen LogP contribution is 2.32. The lowest BCUT2D eigenvalue weighted by atomic mass is 10.0. The molecule has 0 radical (unpaired) electrons. The summed E-state index contributed by atoms with van der Waals surface area (Å²) in [6.45, 7) is 0. The van der Waals surface area contributed by atoms with Crippen LogP contribution in [0.15, 0.2) is 73.2 Å². The molecule has 0 amide bonds. The number of nitrogens with one attached hydrogen (secondary N) is 2. The molecule has 4 aromatic heterocycles. The third-order valence-electron chi connectivity index (χ3n) is 5.41. The maximum absolute atomic E-state index is 13.8. The molecule has 4 N–H and O–H groups in total. The number of halogens is 1. The van der Waals surface area contributed by atoms with Crippen molar-refractivity contribution in [3.8, 4) is 33.8 Å². The van der Waals surface area contributed by atoms with Gasteiger partial charge in [0.05, 0.1) is 16.7 Å². The maximum atomic E-state index is 13.8. The second-order valence-corrected chi connectivity index (χ2v) is 7.49. The summed E-state index contributed by atoms with van der Waals surface area (Å²) in [5, 5.41) is 8.44. The van der Waals surface area contributed by atoms with Crippen molar-refractivity contribution in [2.24, 2.45) is 0 Å². The molecule has 0 unspecified atom stereocenters. The van der Waals surface area contributed by atoms with Gasteiger partial charge >= 0.3 is 0 Å². The topological polar surface area (TPSA) is 109 Å². The molecule has 0 fully saturated rings. The van der Waals surface area contributed by atoms with Crippen LogP contribution in [0.25, 0.3) is 55.8 Å². The summed E-state index contributed by atoms with van der Waals surface area (Å²) < 4.78 is 13.8. The predicted molar refractivity (Wildman–Crippen MR) is 122 cm³/mol. The van der Waals surface area contributed by atoms with Gasteiger partial charge in [-0.2, -0.15) is 5.10 Å². The Morgan fingerprint density at radius 1 is 0.906 bits per heavy atom. The number of anilines is 1. The number of imidazole rings is 1. The molecule has 0 aliphatic heterocycles. The number of aromatic nitrogens is 6. The molecule has 0 aliphatic rings. The quantitative estimate of drug-likeness (QED) is 0.374. The van der Waals surface area contributed by atoms with Gasteiger partial charge in [-0.05, 0) is 47.5 Å². The van der Waals surface area contributed by atoms with Crippen molar-refractivity contribution in [2.75, 3.05) is 5.73 Å². The van der Waals surface area contributed by atoms with Crippen LogP contribution in [0.4, 0.5) is 10.1 Å². The van der Waals surface area contributed by atoms with Crippen LogP contribution in [0.5, 0.6) is 0 Å². The summed E-state index contributed by atoms with van der Waals surface area (Å²) in [6.07, 6.45) is 5.05.